The number of piperidine rings is 1. The highest BCUT2D eigenvalue weighted by Gasteiger charge is 2.40. The summed E-state index contributed by atoms with van der Waals surface area (Å²) in [5.41, 5.74) is 2.56. The number of carbonyl (C=O) groups excluding carboxylic acids is 3. The molecule has 232 valence electrons. The molecule has 2 fully saturated rings. The number of piperazine rings is 1. The molecule has 3 N–H and O–H groups in total. The van der Waals surface area contributed by atoms with Crippen molar-refractivity contribution in [2.75, 3.05) is 26.2 Å². The van der Waals surface area contributed by atoms with E-state index >= 15 is 0 Å². The Kier molecular flexibility index (Phi) is 8.03. The summed E-state index contributed by atoms with van der Waals surface area (Å²) in [4.78, 5) is 54.6. The van der Waals surface area contributed by atoms with Gasteiger partial charge in [-0.1, -0.05) is 30.3 Å². The summed E-state index contributed by atoms with van der Waals surface area (Å²) >= 11 is 0. The van der Waals surface area contributed by atoms with Crippen molar-refractivity contribution in [2.24, 2.45) is 0 Å². The van der Waals surface area contributed by atoms with Gasteiger partial charge in [0.1, 0.15) is 24.5 Å². The number of fused-ring (bicyclic) bond motifs is 1. The smallest absolute Gasteiger partial charge is 0.348 e. The van der Waals surface area contributed by atoms with E-state index in [2.05, 4.69) is 39.5 Å². The van der Waals surface area contributed by atoms with Gasteiger partial charge in [0.25, 0.3) is 5.91 Å². The number of hydrogen-bond acceptors (Lipinski definition) is 9. The fourth-order valence-electron chi connectivity index (χ4n) is 6.27. The number of carbonyl (C=O) groups is 4. The van der Waals surface area contributed by atoms with Crippen LogP contribution >= 0.6 is 0 Å². The molecule has 45 heavy (non-hydrogen) atoms. The third kappa shape index (κ3) is 5.74. The number of benzene rings is 2. The van der Waals surface area contributed by atoms with E-state index in [-0.39, 0.29) is 30.8 Å². The average Bonchev–Trinajstić information content (AvgIpc) is 3.40. The van der Waals surface area contributed by atoms with Gasteiger partial charge in [-0.15, -0.1) is 0 Å². The van der Waals surface area contributed by atoms with Gasteiger partial charge in [0.05, 0.1) is 12.2 Å². The maximum absolute atomic E-state index is 13.1. The molecule has 3 atom stereocenters. The first kappa shape index (κ1) is 29.9. The number of nitriles is 1. The van der Waals surface area contributed by atoms with E-state index in [4.69, 9.17) is 4.74 Å². The highest BCUT2D eigenvalue weighted by molar-refractivity contribution is 6.05. The fraction of sp³-hybridized carbons (Fsp3) is 0.364. The number of imide groups is 1. The minimum atomic E-state index is -1.73. The number of nitrogens with one attached hydrogen (secondary N) is 2. The molecule has 2 saturated heterocycles. The lowest BCUT2D eigenvalue weighted by molar-refractivity contribution is -0.140. The Morgan fingerprint density at radius 3 is 2.53 bits per heavy atom. The Morgan fingerprint density at radius 1 is 1.13 bits per heavy atom. The number of allylic oxidation sites excluding steroid dienone is 1. The number of dihydropyridines is 1. The van der Waals surface area contributed by atoms with Gasteiger partial charge in [0, 0.05) is 56.0 Å². The van der Waals surface area contributed by atoms with Crippen molar-refractivity contribution >= 4 is 23.7 Å². The Morgan fingerprint density at radius 2 is 1.89 bits per heavy atom. The van der Waals surface area contributed by atoms with Gasteiger partial charge in [0.15, 0.2) is 0 Å². The van der Waals surface area contributed by atoms with Gasteiger partial charge in [0.2, 0.25) is 17.4 Å². The summed E-state index contributed by atoms with van der Waals surface area (Å²) in [5, 5.41) is 23.7. The first-order valence-corrected chi connectivity index (χ1v) is 15.0. The van der Waals surface area contributed by atoms with E-state index in [1.54, 1.807) is 24.4 Å². The third-order valence-corrected chi connectivity index (χ3v) is 9.09. The van der Waals surface area contributed by atoms with E-state index in [0.29, 0.717) is 24.3 Å². The Balaban J connectivity index is 1.02. The molecule has 0 radical (unpaired) electrons. The number of rotatable bonds is 8. The third-order valence-electron chi connectivity index (χ3n) is 9.09. The molecule has 0 spiro atoms. The van der Waals surface area contributed by atoms with E-state index in [0.717, 1.165) is 43.0 Å². The molecule has 0 aliphatic carbocycles. The predicted octanol–water partition coefficient (Wildman–Crippen LogP) is 2.05. The summed E-state index contributed by atoms with van der Waals surface area (Å²) in [6.45, 7) is 5.95. The lowest BCUT2D eigenvalue weighted by Crippen LogP contribution is -2.52. The van der Waals surface area contributed by atoms with Crippen LogP contribution in [0.5, 0.6) is 5.75 Å². The molecule has 3 amide bonds. The van der Waals surface area contributed by atoms with Crippen LogP contribution < -0.4 is 15.4 Å². The monoisotopic (exact) mass is 610 g/mol. The quantitative estimate of drug-likeness (QED) is 0.378. The van der Waals surface area contributed by atoms with Gasteiger partial charge in [-0.3, -0.25) is 24.6 Å². The Labute approximate surface area is 260 Å². The van der Waals surface area contributed by atoms with E-state index < -0.39 is 23.5 Å². The molecule has 4 aliphatic heterocycles. The molecule has 6 rings (SSSR count). The molecule has 12 heteroatoms. The van der Waals surface area contributed by atoms with Crippen LogP contribution in [0.15, 0.2) is 66.5 Å². The van der Waals surface area contributed by atoms with Crippen molar-refractivity contribution in [1.29, 1.82) is 5.26 Å². The molecule has 2 aromatic carbocycles. The zero-order chi connectivity index (χ0) is 31.7. The zero-order valence-corrected chi connectivity index (χ0v) is 24.9. The number of hydrogen-bond donors (Lipinski definition) is 3. The highest BCUT2D eigenvalue weighted by Crippen LogP contribution is 2.34. The molecule has 4 aliphatic rings. The van der Waals surface area contributed by atoms with Gasteiger partial charge in [-0.2, -0.15) is 5.26 Å². The second-order valence-corrected chi connectivity index (χ2v) is 11.7. The second kappa shape index (κ2) is 12.1. The minimum absolute atomic E-state index is 0.191. The lowest BCUT2D eigenvalue weighted by Gasteiger charge is -2.40. The van der Waals surface area contributed by atoms with Crippen LogP contribution in [0.2, 0.25) is 0 Å². The summed E-state index contributed by atoms with van der Waals surface area (Å²) < 4.78 is 6.17. The van der Waals surface area contributed by atoms with Crippen LogP contribution in [-0.2, 0) is 27.5 Å². The number of ether oxygens (including phenoxy) is 1. The molecule has 0 bridgehead atoms. The van der Waals surface area contributed by atoms with Crippen molar-refractivity contribution in [2.45, 2.75) is 50.5 Å². The molecule has 0 aromatic heterocycles. The van der Waals surface area contributed by atoms with Gasteiger partial charge < -0.3 is 25.0 Å². The van der Waals surface area contributed by atoms with Gasteiger partial charge >= 0.3 is 5.97 Å². The van der Waals surface area contributed by atoms with Crippen LogP contribution in [0, 0.1) is 11.3 Å². The summed E-state index contributed by atoms with van der Waals surface area (Å²) in [7, 11) is 0. The first-order chi connectivity index (χ1) is 21.7. The summed E-state index contributed by atoms with van der Waals surface area (Å²) in [5.74, 6) is -1.61. The van der Waals surface area contributed by atoms with Crippen molar-refractivity contribution in [3.05, 3.63) is 88.8 Å². The zero-order valence-electron chi connectivity index (χ0n) is 24.9. The topological polar surface area (TPSA) is 155 Å². The number of carboxylic acid groups (broad SMARTS) is 1. The van der Waals surface area contributed by atoms with E-state index in [1.165, 1.54) is 16.5 Å². The highest BCUT2D eigenvalue weighted by atomic mass is 16.5. The minimum Gasteiger partial charge on any atom is -0.489 e. The molecule has 0 saturated carbocycles. The molecular weight excluding hydrogens is 576 g/mol. The maximum Gasteiger partial charge on any atom is 0.348 e. The van der Waals surface area contributed by atoms with Gasteiger partial charge in [-0.25, -0.2) is 4.79 Å². The number of aliphatic carboxylic acids is 1. The van der Waals surface area contributed by atoms with Crippen LogP contribution in [0.25, 0.3) is 0 Å². The van der Waals surface area contributed by atoms with Crippen LogP contribution in [0.3, 0.4) is 0 Å². The van der Waals surface area contributed by atoms with Crippen LogP contribution in [0.1, 0.15) is 52.9 Å². The molecule has 4 heterocycles. The molecule has 2 unspecified atom stereocenters. The second-order valence-electron chi connectivity index (χ2n) is 11.7. The standard InChI is InChI=1S/C33H34N6O6/c1-21(37-13-15-38(16-14-37)24-11-12-33(20-34,32(43)44)35-17-24)23-7-5-22(6-8-23)19-45-28-4-2-3-25-26(28)18-39(31(25)42)27-9-10-29(40)36-30(27)41/h2-8,11-12,17,21,27,35H,9-10,13-16,18-19H2,1H3,(H,43,44)(H,36,40,41)/t21?,27-,33?/m0/s1. The van der Waals surface area contributed by atoms with Crippen molar-refractivity contribution in [1.82, 2.24) is 25.3 Å². The molecule has 12 nitrogen and oxygen atoms in total. The molecular formula is C33H34N6O6. The summed E-state index contributed by atoms with van der Waals surface area (Å²) in [6, 6.07) is 15.0. The first-order valence-electron chi connectivity index (χ1n) is 15.0. The normalized spacial score (nSPS) is 23.9. The number of amides is 3. The lowest BCUT2D eigenvalue weighted by atomic mass is 9.98. The Hall–Kier alpha value is -5.15. The van der Waals surface area contributed by atoms with Gasteiger partial charge in [-0.05, 0) is 48.8 Å². The van der Waals surface area contributed by atoms with Crippen molar-refractivity contribution < 1.29 is 29.0 Å². The van der Waals surface area contributed by atoms with Crippen LogP contribution in [0.4, 0.5) is 0 Å². The van der Waals surface area contributed by atoms with Crippen molar-refractivity contribution in [3.8, 4) is 11.8 Å². The maximum atomic E-state index is 13.1. The molecule has 2 aromatic rings. The van der Waals surface area contributed by atoms with Crippen LogP contribution in [-0.4, -0.2) is 81.3 Å². The fourth-order valence-corrected chi connectivity index (χ4v) is 6.27. The predicted molar refractivity (Wildman–Crippen MR) is 161 cm³/mol. The summed E-state index contributed by atoms with van der Waals surface area (Å²) in [6.07, 6.45) is 5.22. The average molecular weight is 611 g/mol. The number of carboxylic acids is 1. The van der Waals surface area contributed by atoms with E-state index in [9.17, 15) is 29.5 Å². The van der Waals surface area contributed by atoms with Crippen molar-refractivity contribution in [3.63, 3.8) is 0 Å². The largest absolute Gasteiger partial charge is 0.489 e. The number of nitrogens with zero attached hydrogens (tertiary/aromatic N) is 4. The van der Waals surface area contributed by atoms with E-state index in [1.807, 2.05) is 24.3 Å². The Bertz CT molecular complexity index is 1640. The SMILES string of the molecule is CC(c1ccc(COc2cccc3c2CN([C@H]2CCC(=O)NC2=O)C3=O)cc1)N1CCN(C2=CNC(C#N)(C(=O)O)C=C2)CC1.